The highest BCUT2D eigenvalue weighted by molar-refractivity contribution is 7.99. The first kappa shape index (κ1) is 13.6. The second kappa shape index (κ2) is 5.74. The van der Waals surface area contributed by atoms with E-state index in [9.17, 15) is 0 Å². The zero-order chi connectivity index (χ0) is 12.2. The Bertz CT molecular complexity index is 311. The summed E-state index contributed by atoms with van der Waals surface area (Å²) in [6.07, 6.45) is 0. The van der Waals surface area contributed by atoms with Gasteiger partial charge in [-0.15, -0.1) is 11.8 Å². The van der Waals surface area contributed by atoms with Gasteiger partial charge in [0.1, 0.15) is 0 Å². The molecule has 0 amide bonds. The Morgan fingerprint density at radius 1 is 1.19 bits per heavy atom. The number of aliphatic hydroxyl groups excluding tert-OH is 1. The topological polar surface area (TPSA) is 20.2 Å². The van der Waals surface area contributed by atoms with Crippen LogP contribution < -0.4 is 0 Å². The van der Waals surface area contributed by atoms with Gasteiger partial charge in [-0.1, -0.05) is 39.8 Å². The van der Waals surface area contributed by atoms with E-state index in [2.05, 4.69) is 52.0 Å². The molecule has 0 spiro atoms. The van der Waals surface area contributed by atoms with Gasteiger partial charge in [0.05, 0.1) is 0 Å². The van der Waals surface area contributed by atoms with Gasteiger partial charge in [0.25, 0.3) is 0 Å². The molecule has 1 aromatic rings. The van der Waals surface area contributed by atoms with Crippen LogP contribution in [-0.4, -0.2) is 17.5 Å². The van der Waals surface area contributed by atoms with E-state index < -0.39 is 0 Å². The summed E-state index contributed by atoms with van der Waals surface area (Å²) in [5, 5.41) is 8.95. The van der Waals surface area contributed by atoms with Gasteiger partial charge < -0.3 is 5.11 Å². The molecule has 1 rings (SSSR count). The molecule has 0 radical (unpaired) electrons. The normalized spacial score (nSPS) is 13.8. The van der Waals surface area contributed by atoms with E-state index >= 15 is 0 Å². The van der Waals surface area contributed by atoms with Gasteiger partial charge in [-0.2, -0.15) is 0 Å². The number of rotatable bonds is 4. The molecular formula is C14H22OS. The number of benzene rings is 1. The molecule has 16 heavy (non-hydrogen) atoms. The zero-order valence-corrected chi connectivity index (χ0v) is 11.5. The van der Waals surface area contributed by atoms with Gasteiger partial charge in [0.15, 0.2) is 0 Å². The predicted molar refractivity (Wildman–Crippen MR) is 72.1 cm³/mol. The summed E-state index contributed by atoms with van der Waals surface area (Å²) in [5.41, 5.74) is 1.59. The lowest BCUT2D eigenvalue weighted by molar-refractivity contribution is 0.250. The standard InChI is InChI=1S/C14H22OS/c1-11(9-15)10-16-13-7-5-12(6-8-13)14(2,3)4/h5-8,11,15H,9-10H2,1-4H3. The maximum Gasteiger partial charge on any atom is 0.0464 e. The van der Waals surface area contributed by atoms with Crippen LogP contribution >= 0.6 is 11.8 Å². The Balaban J connectivity index is 2.58. The molecular weight excluding hydrogens is 216 g/mol. The third-order valence-electron chi connectivity index (χ3n) is 2.57. The quantitative estimate of drug-likeness (QED) is 0.807. The maximum atomic E-state index is 8.95. The molecule has 0 fully saturated rings. The summed E-state index contributed by atoms with van der Waals surface area (Å²) in [5.74, 6) is 1.35. The molecule has 0 aliphatic rings. The van der Waals surface area contributed by atoms with Crippen molar-refractivity contribution in [1.29, 1.82) is 0 Å². The Morgan fingerprint density at radius 2 is 1.75 bits per heavy atom. The van der Waals surface area contributed by atoms with Crippen molar-refractivity contribution >= 4 is 11.8 Å². The highest BCUT2D eigenvalue weighted by atomic mass is 32.2. The van der Waals surface area contributed by atoms with Crippen LogP contribution in [0, 0.1) is 5.92 Å². The van der Waals surface area contributed by atoms with Crippen molar-refractivity contribution in [1.82, 2.24) is 0 Å². The minimum absolute atomic E-state index is 0.224. The lowest BCUT2D eigenvalue weighted by atomic mass is 9.87. The van der Waals surface area contributed by atoms with Crippen LogP contribution in [0.2, 0.25) is 0 Å². The summed E-state index contributed by atoms with van der Waals surface area (Å²) in [7, 11) is 0. The van der Waals surface area contributed by atoms with Crippen LogP contribution in [-0.2, 0) is 5.41 Å². The van der Waals surface area contributed by atoms with E-state index in [1.807, 2.05) is 11.8 Å². The fraction of sp³-hybridized carbons (Fsp3) is 0.571. The number of thioether (sulfide) groups is 1. The lowest BCUT2D eigenvalue weighted by Crippen LogP contribution is -2.10. The van der Waals surface area contributed by atoms with Crippen LogP contribution in [0.3, 0.4) is 0 Å². The molecule has 1 N–H and O–H groups in total. The van der Waals surface area contributed by atoms with Crippen LogP contribution in [0.25, 0.3) is 0 Å². The molecule has 1 atom stereocenters. The smallest absolute Gasteiger partial charge is 0.0464 e. The van der Waals surface area contributed by atoms with Gasteiger partial charge in [0, 0.05) is 17.3 Å². The summed E-state index contributed by atoms with van der Waals surface area (Å²) in [6.45, 7) is 9.01. The largest absolute Gasteiger partial charge is 0.396 e. The van der Waals surface area contributed by atoms with Crippen molar-refractivity contribution in [2.24, 2.45) is 5.92 Å². The fourth-order valence-corrected chi connectivity index (χ4v) is 2.25. The van der Waals surface area contributed by atoms with Crippen LogP contribution in [0.15, 0.2) is 29.2 Å². The molecule has 0 heterocycles. The number of aliphatic hydroxyl groups is 1. The van der Waals surface area contributed by atoms with Gasteiger partial charge in [-0.05, 0) is 29.0 Å². The van der Waals surface area contributed by atoms with E-state index in [1.54, 1.807) is 0 Å². The minimum Gasteiger partial charge on any atom is -0.396 e. The highest BCUT2D eigenvalue weighted by Gasteiger charge is 2.12. The molecule has 0 bridgehead atoms. The lowest BCUT2D eigenvalue weighted by Gasteiger charge is -2.19. The van der Waals surface area contributed by atoms with Crippen molar-refractivity contribution in [2.45, 2.75) is 38.0 Å². The van der Waals surface area contributed by atoms with Gasteiger partial charge in [-0.25, -0.2) is 0 Å². The van der Waals surface area contributed by atoms with Crippen LogP contribution in [0.4, 0.5) is 0 Å². The minimum atomic E-state index is 0.224. The Morgan fingerprint density at radius 3 is 2.19 bits per heavy atom. The Hall–Kier alpha value is -0.470. The predicted octanol–water partition coefficient (Wildman–Crippen LogP) is 3.70. The van der Waals surface area contributed by atoms with Crippen molar-refractivity contribution in [3.05, 3.63) is 29.8 Å². The first-order chi connectivity index (χ1) is 7.43. The van der Waals surface area contributed by atoms with E-state index in [-0.39, 0.29) is 12.0 Å². The Labute approximate surface area is 103 Å². The molecule has 90 valence electrons. The monoisotopic (exact) mass is 238 g/mol. The van der Waals surface area contributed by atoms with Gasteiger partial charge in [-0.3, -0.25) is 0 Å². The van der Waals surface area contributed by atoms with E-state index in [0.717, 1.165) is 5.75 Å². The van der Waals surface area contributed by atoms with Gasteiger partial charge in [0.2, 0.25) is 0 Å². The van der Waals surface area contributed by atoms with Gasteiger partial charge >= 0.3 is 0 Å². The average molecular weight is 238 g/mol. The fourth-order valence-electron chi connectivity index (χ4n) is 1.34. The van der Waals surface area contributed by atoms with Crippen LogP contribution in [0.1, 0.15) is 33.3 Å². The van der Waals surface area contributed by atoms with E-state index in [4.69, 9.17) is 5.11 Å². The van der Waals surface area contributed by atoms with Crippen molar-refractivity contribution in [3.63, 3.8) is 0 Å². The molecule has 2 heteroatoms. The highest BCUT2D eigenvalue weighted by Crippen LogP contribution is 2.26. The Kier molecular flexibility index (Phi) is 4.88. The van der Waals surface area contributed by atoms with Crippen molar-refractivity contribution in [2.75, 3.05) is 12.4 Å². The summed E-state index contributed by atoms with van der Waals surface area (Å²) in [4.78, 5) is 1.29. The molecule has 0 saturated carbocycles. The average Bonchev–Trinajstić information content (AvgIpc) is 2.25. The van der Waals surface area contributed by atoms with Crippen molar-refractivity contribution in [3.8, 4) is 0 Å². The SMILES string of the molecule is CC(CO)CSc1ccc(C(C)(C)C)cc1. The maximum absolute atomic E-state index is 8.95. The molecule has 0 aliphatic carbocycles. The summed E-state index contributed by atoms with van der Waals surface area (Å²) in [6, 6.07) is 8.75. The second-order valence-corrected chi connectivity index (χ2v) is 6.47. The molecule has 0 aliphatic heterocycles. The molecule has 0 saturated heterocycles. The molecule has 1 unspecified atom stereocenters. The van der Waals surface area contributed by atoms with Crippen molar-refractivity contribution < 1.29 is 5.11 Å². The second-order valence-electron chi connectivity index (χ2n) is 5.37. The first-order valence-electron chi connectivity index (χ1n) is 5.77. The molecule has 1 aromatic carbocycles. The first-order valence-corrected chi connectivity index (χ1v) is 6.76. The van der Waals surface area contributed by atoms with Crippen LogP contribution in [0.5, 0.6) is 0 Å². The molecule has 0 aromatic heterocycles. The summed E-state index contributed by atoms with van der Waals surface area (Å²) >= 11 is 1.81. The third kappa shape index (κ3) is 4.18. The third-order valence-corrected chi connectivity index (χ3v) is 3.91. The number of hydrogen-bond donors (Lipinski definition) is 1. The van der Waals surface area contributed by atoms with E-state index in [1.165, 1.54) is 10.5 Å². The van der Waals surface area contributed by atoms with E-state index in [0.29, 0.717) is 5.92 Å². The zero-order valence-electron chi connectivity index (χ0n) is 10.7. The summed E-state index contributed by atoms with van der Waals surface area (Å²) < 4.78 is 0. The number of hydrogen-bond acceptors (Lipinski definition) is 2. The molecule has 1 nitrogen and oxygen atoms in total.